The van der Waals surface area contributed by atoms with Gasteiger partial charge in [0.15, 0.2) is 0 Å². The van der Waals surface area contributed by atoms with E-state index < -0.39 is 0 Å². The number of anilines is 2. The molecular formula is C20H31N3O2. The Hall–Kier alpha value is -1.62. The van der Waals surface area contributed by atoms with Crippen molar-refractivity contribution in [1.82, 2.24) is 4.98 Å². The number of pyridine rings is 1. The summed E-state index contributed by atoms with van der Waals surface area (Å²) in [5.41, 5.74) is 1.10. The molecule has 25 heavy (non-hydrogen) atoms. The fraction of sp³-hybridized carbons (Fsp3) is 0.700. The van der Waals surface area contributed by atoms with Crippen molar-refractivity contribution < 1.29 is 9.53 Å². The first-order valence-corrected chi connectivity index (χ1v) is 9.86. The van der Waals surface area contributed by atoms with Crippen LogP contribution in [0.5, 0.6) is 0 Å². The molecule has 5 nitrogen and oxygen atoms in total. The van der Waals surface area contributed by atoms with E-state index in [1.165, 1.54) is 32.1 Å². The minimum atomic E-state index is 0.139. The highest BCUT2D eigenvalue weighted by atomic mass is 16.5. The third-order valence-corrected chi connectivity index (χ3v) is 5.56. The van der Waals surface area contributed by atoms with Gasteiger partial charge in [0.2, 0.25) is 5.91 Å². The van der Waals surface area contributed by atoms with Crippen LogP contribution in [0.4, 0.5) is 11.5 Å². The monoisotopic (exact) mass is 345 g/mol. The number of amides is 1. The molecule has 5 heteroatoms. The van der Waals surface area contributed by atoms with E-state index in [4.69, 9.17) is 4.74 Å². The Morgan fingerprint density at radius 3 is 2.64 bits per heavy atom. The number of unbranched alkanes of at least 4 members (excludes halogenated alkanes) is 1. The van der Waals surface area contributed by atoms with E-state index in [2.05, 4.69) is 22.1 Å². The average Bonchev–Trinajstić information content (AvgIpc) is 2.68. The second kappa shape index (κ2) is 9.18. The van der Waals surface area contributed by atoms with Crippen LogP contribution in [0.1, 0.15) is 51.9 Å². The smallest absolute Gasteiger partial charge is 0.228 e. The number of carbonyl (C=O) groups is 1. The van der Waals surface area contributed by atoms with Crippen LogP contribution in [-0.2, 0) is 9.53 Å². The molecule has 1 aromatic heterocycles. The molecule has 2 aliphatic rings. The Balaban J connectivity index is 1.46. The predicted octanol–water partition coefficient (Wildman–Crippen LogP) is 3.85. The maximum absolute atomic E-state index is 12.5. The molecule has 1 N–H and O–H groups in total. The van der Waals surface area contributed by atoms with Crippen molar-refractivity contribution in [3.05, 3.63) is 18.3 Å². The van der Waals surface area contributed by atoms with Crippen LogP contribution in [0.2, 0.25) is 0 Å². The summed E-state index contributed by atoms with van der Waals surface area (Å²) < 4.78 is 5.37. The molecule has 2 fully saturated rings. The van der Waals surface area contributed by atoms with Crippen LogP contribution in [0, 0.1) is 11.8 Å². The number of morpholine rings is 1. The SMILES string of the molecule is CCCCC1CCC(C(=O)Nc2ccc(N3CCOCC3)cn2)CC1. The summed E-state index contributed by atoms with van der Waals surface area (Å²) in [7, 11) is 0. The van der Waals surface area contributed by atoms with Crippen molar-refractivity contribution in [3.63, 3.8) is 0 Å². The molecule has 0 bridgehead atoms. The number of hydrogen-bond donors (Lipinski definition) is 1. The number of nitrogens with one attached hydrogen (secondary N) is 1. The minimum absolute atomic E-state index is 0.139. The highest BCUT2D eigenvalue weighted by Gasteiger charge is 2.26. The van der Waals surface area contributed by atoms with Gasteiger partial charge in [0, 0.05) is 19.0 Å². The molecule has 1 aromatic rings. The summed E-state index contributed by atoms with van der Waals surface area (Å²) in [6, 6.07) is 3.95. The number of ether oxygens (including phenoxy) is 1. The van der Waals surface area contributed by atoms with Gasteiger partial charge in [-0.3, -0.25) is 4.79 Å². The van der Waals surface area contributed by atoms with Gasteiger partial charge in [-0.05, 0) is 43.7 Å². The number of rotatable bonds is 6. The summed E-state index contributed by atoms with van der Waals surface area (Å²) >= 11 is 0. The van der Waals surface area contributed by atoms with Gasteiger partial charge in [-0.25, -0.2) is 4.98 Å². The van der Waals surface area contributed by atoms with Gasteiger partial charge in [0.1, 0.15) is 5.82 Å². The van der Waals surface area contributed by atoms with E-state index in [-0.39, 0.29) is 11.8 Å². The first kappa shape index (κ1) is 18.2. The van der Waals surface area contributed by atoms with Crippen molar-refractivity contribution in [2.24, 2.45) is 11.8 Å². The second-order valence-corrected chi connectivity index (χ2v) is 7.35. The maximum atomic E-state index is 12.5. The lowest BCUT2D eigenvalue weighted by Gasteiger charge is -2.29. The van der Waals surface area contributed by atoms with Gasteiger partial charge in [0.05, 0.1) is 25.1 Å². The Labute approximate surface area is 151 Å². The molecule has 138 valence electrons. The van der Waals surface area contributed by atoms with Gasteiger partial charge in [-0.2, -0.15) is 0 Å². The van der Waals surface area contributed by atoms with Gasteiger partial charge in [0.25, 0.3) is 0 Å². The molecule has 2 heterocycles. The topological polar surface area (TPSA) is 54.5 Å². The normalized spacial score (nSPS) is 24.1. The zero-order valence-corrected chi connectivity index (χ0v) is 15.4. The van der Waals surface area contributed by atoms with Crippen LogP contribution in [-0.4, -0.2) is 37.2 Å². The molecule has 0 radical (unpaired) electrons. The molecule has 1 aliphatic carbocycles. The molecule has 1 aliphatic heterocycles. The van der Waals surface area contributed by atoms with Gasteiger partial charge >= 0.3 is 0 Å². The minimum Gasteiger partial charge on any atom is -0.378 e. The third-order valence-electron chi connectivity index (χ3n) is 5.56. The van der Waals surface area contributed by atoms with Crippen LogP contribution in [0.3, 0.4) is 0 Å². The molecule has 0 atom stereocenters. The van der Waals surface area contributed by atoms with Gasteiger partial charge in [-0.15, -0.1) is 0 Å². The summed E-state index contributed by atoms with van der Waals surface area (Å²) in [5, 5.41) is 3.01. The van der Waals surface area contributed by atoms with E-state index in [1.54, 1.807) is 0 Å². The van der Waals surface area contributed by atoms with Crippen molar-refractivity contribution >= 4 is 17.4 Å². The quantitative estimate of drug-likeness (QED) is 0.851. The largest absolute Gasteiger partial charge is 0.378 e. The fourth-order valence-corrected chi connectivity index (χ4v) is 3.90. The molecule has 0 spiro atoms. The molecule has 1 amide bonds. The molecule has 0 aromatic carbocycles. The summed E-state index contributed by atoms with van der Waals surface area (Å²) in [6.45, 7) is 5.57. The Kier molecular flexibility index (Phi) is 6.68. The Morgan fingerprint density at radius 2 is 2.00 bits per heavy atom. The van der Waals surface area contributed by atoms with Gasteiger partial charge in [-0.1, -0.05) is 26.2 Å². The van der Waals surface area contributed by atoms with E-state index in [9.17, 15) is 4.79 Å². The van der Waals surface area contributed by atoms with E-state index >= 15 is 0 Å². The van der Waals surface area contributed by atoms with Crippen LogP contribution >= 0.6 is 0 Å². The molecule has 1 saturated heterocycles. The first-order chi connectivity index (χ1) is 12.3. The van der Waals surface area contributed by atoms with Crippen molar-refractivity contribution in [2.45, 2.75) is 51.9 Å². The van der Waals surface area contributed by atoms with Crippen molar-refractivity contribution in [3.8, 4) is 0 Å². The average molecular weight is 345 g/mol. The fourth-order valence-electron chi connectivity index (χ4n) is 3.90. The first-order valence-electron chi connectivity index (χ1n) is 9.86. The summed E-state index contributed by atoms with van der Waals surface area (Å²) in [5.74, 6) is 1.78. The molecule has 0 unspecified atom stereocenters. The second-order valence-electron chi connectivity index (χ2n) is 7.35. The van der Waals surface area contributed by atoms with Crippen molar-refractivity contribution in [1.29, 1.82) is 0 Å². The number of aromatic nitrogens is 1. The van der Waals surface area contributed by atoms with E-state index in [0.29, 0.717) is 5.82 Å². The number of hydrogen-bond acceptors (Lipinski definition) is 4. The lowest BCUT2D eigenvalue weighted by Crippen LogP contribution is -2.36. The zero-order chi connectivity index (χ0) is 17.5. The highest BCUT2D eigenvalue weighted by Crippen LogP contribution is 2.32. The molecular weight excluding hydrogens is 314 g/mol. The van der Waals surface area contributed by atoms with Crippen LogP contribution < -0.4 is 10.2 Å². The summed E-state index contributed by atoms with van der Waals surface area (Å²) in [4.78, 5) is 19.2. The van der Waals surface area contributed by atoms with Crippen LogP contribution in [0.25, 0.3) is 0 Å². The summed E-state index contributed by atoms with van der Waals surface area (Å²) in [6.07, 6.45) is 10.2. The molecule has 1 saturated carbocycles. The maximum Gasteiger partial charge on any atom is 0.228 e. The van der Waals surface area contributed by atoms with E-state index in [1.807, 2.05) is 18.3 Å². The number of nitrogens with zero attached hydrogens (tertiary/aromatic N) is 2. The number of carbonyl (C=O) groups excluding carboxylic acids is 1. The predicted molar refractivity (Wildman–Crippen MR) is 101 cm³/mol. The van der Waals surface area contributed by atoms with Gasteiger partial charge < -0.3 is 15.0 Å². The highest BCUT2D eigenvalue weighted by molar-refractivity contribution is 5.91. The molecule has 3 rings (SSSR count). The van der Waals surface area contributed by atoms with Crippen molar-refractivity contribution in [2.75, 3.05) is 36.5 Å². The lowest BCUT2D eigenvalue weighted by molar-refractivity contribution is -0.121. The Bertz CT molecular complexity index is 532. The van der Waals surface area contributed by atoms with Crippen LogP contribution in [0.15, 0.2) is 18.3 Å². The Morgan fingerprint density at radius 1 is 1.24 bits per heavy atom. The zero-order valence-electron chi connectivity index (χ0n) is 15.4. The lowest BCUT2D eigenvalue weighted by atomic mass is 9.79. The van der Waals surface area contributed by atoms with E-state index in [0.717, 1.165) is 50.8 Å². The third kappa shape index (κ3) is 5.18. The standard InChI is InChI=1S/C20H31N3O2/c1-2-3-4-16-5-7-17(8-6-16)20(24)22-19-10-9-18(15-21-19)23-11-13-25-14-12-23/h9-10,15-17H,2-8,11-14H2,1H3,(H,21,22,24).